The van der Waals surface area contributed by atoms with Gasteiger partial charge in [0, 0.05) is 13.2 Å². The van der Waals surface area contributed by atoms with Crippen LogP contribution in [0.4, 0.5) is 0 Å². The second-order valence-electron chi connectivity index (χ2n) is 5.33. The molecule has 0 bridgehead atoms. The molecule has 0 atom stereocenters. The van der Waals surface area contributed by atoms with E-state index in [1.807, 2.05) is 0 Å². The van der Waals surface area contributed by atoms with Crippen LogP contribution in [0.1, 0.15) is 25.7 Å². The molecule has 1 aliphatic rings. The number of rotatable bonds is 6. The summed E-state index contributed by atoms with van der Waals surface area (Å²) in [5.41, 5.74) is 0. The van der Waals surface area contributed by atoms with E-state index in [-0.39, 0.29) is 0 Å². The van der Waals surface area contributed by atoms with E-state index in [0.29, 0.717) is 0 Å². The molecule has 4 heteroatoms. The van der Waals surface area contributed by atoms with Crippen molar-refractivity contribution in [3.63, 3.8) is 0 Å². The molecule has 16 heavy (non-hydrogen) atoms. The fourth-order valence-corrected chi connectivity index (χ4v) is 3.27. The predicted octanol–water partition coefficient (Wildman–Crippen LogP) is 3.33. The highest BCUT2D eigenvalue weighted by atomic mass is 28.3. The SMILES string of the molecule is C[Si](C)OCC1CCC(CO[Si](C)C)CC1. The Hall–Kier alpha value is 0.354. The highest BCUT2D eigenvalue weighted by Crippen LogP contribution is 2.29. The summed E-state index contributed by atoms with van der Waals surface area (Å²) in [7, 11) is -0.977. The topological polar surface area (TPSA) is 18.5 Å². The van der Waals surface area contributed by atoms with Crippen molar-refractivity contribution in [1.29, 1.82) is 0 Å². The van der Waals surface area contributed by atoms with Gasteiger partial charge in [0.05, 0.1) is 0 Å². The quantitative estimate of drug-likeness (QED) is 0.680. The van der Waals surface area contributed by atoms with Crippen LogP contribution in [0.15, 0.2) is 0 Å². The number of hydrogen-bond acceptors (Lipinski definition) is 2. The summed E-state index contributed by atoms with van der Waals surface area (Å²) in [5.74, 6) is 1.65. The van der Waals surface area contributed by atoms with Gasteiger partial charge in [-0.2, -0.15) is 0 Å². The van der Waals surface area contributed by atoms with Crippen molar-refractivity contribution in [3.8, 4) is 0 Å². The molecular formula is C12H26O2Si2. The molecule has 2 nitrogen and oxygen atoms in total. The maximum atomic E-state index is 5.79. The molecule has 1 saturated carbocycles. The minimum absolute atomic E-state index is 0.489. The van der Waals surface area contributed by atoms with E-state index in [1.54, 1.807) is 0 Å². The maximum Gasteiger partial charge on any atom is 0.204 e. The molecule has 0 aliphatic heterocycles. The van der Waals surface area contributed by atoms with Gasteiger partial charge in [-0.1, -0.05) is 0 Å². The first kappa shape index (κ1) is 14.4. The van der Waals surface area contributed by atoms with Crippen molar-refractivity contribution in [2.24, 2.45) is 11.8 Å². The van der Waals surface area contributed by atoms with Crippen LogP contribution in [0.5, 0.6) is 0 Å². The van der Waals surface area contributed by atoms with Gasteiger partial charge in [0.1, 0.15) is 0 Å². The molecule has 0 aromatic carbocycles. The monoisotopic (exact) mass is 258 g/mol. The Morgan fingerprint density at radius 2 is 1.06 bits per heavy atom. The summed E-state index contributed by atoms with van der Waals surface area (Å²) in [5, 5.41) is 0. The van der Waals surface area contributed by atoms with Gasteiger partial charge in [-0.3, -0.25) is 0 Å². The molecule has 0 amide bonds. The summed E-state index contributed by atoms with van der Waals surface area (Å²) < 4.78 is 11.6. The molecule has 0 spiro atoms. The van der Waals surface area contributed by atoms with Crippen molar-refractivity contribution >= 4 is 18.1 Å². The first-order valence-electron chi connectivity index (χ1n) is 6.44. The third-order valence-corrected chi connectivity index (χ3v) is 4.67. The van der Waals surface area contributed by atoms with Gasteiger partial charge in [0.25, 0.3) is 0 Å². The van der Waals surface area contributed by atoms with Crippen LogP contribution in [-0.2, 0) is 8.85 Å². The van der Waals surface area contributed by atoms with Crippen LogP contribution >= 0.6 is 0 Å². The summed E-state index contributed by atoms with van der Waals surface area (Å²) in [6.45, 7) is 10.9. The fraction of sp³-hybridized carbons (Fsp3) is 1.00. The van der Waals surface area contributed by atoms with E-state index in [1.165, 1.54) is 25.7 Å². The second kappa shape index (κ2) is 7.64. The van der Waals surface area contributed by atoms with Crippen LogP contribution in [0.25, 0.3) is 0 Å². The first-order chi connectivity index (χ1) is 7.58. The summed E-state index contributed by atoms with van der Waals surface area (Å²) in [6, 6.07) is 0. The lowest BCUT2D eigenvalue weighted by Crippen LogP contribution is -2.25. The summed E-state index contributed by atoms with van der Waals surface area (Å²) in [6.07, 6.45) is 5.38. The average Bonchev–Trinajstić information content (AvgIpc) is 2.25. The Labute approximate surface area is 104 Å². The van der Waals surface area contributed by atoms with E-state index in [0.717, 1.165) is 25.0 Å². The standard InChI is InChI=1S/C12H26O2Si2/c1-15(2)13-9-11-5-7-12(8-6-11)10-14-16(3)4/h11-12H,5-10H2,1-4H3. The highest BCUT2D eigenvalue weighted by Gasteiger charge is 2.21. The molecular weight excluding hydrogens is 232 g/mol. The Kier molecular flexibility index (Phi) is 6.88. The Bertz CT molecular complexity index is 158. The molecule has 0 unspecified atom stereocenters. The number of hydrogen-bond donors (Lipinski definition) is 0. The Balaban J connectivity index is 2.09. The molecule has 2 radical (unpaired) electrons. The normalized spacial score (nSPS) is 26.6. The van der Waals surface area contributed by atoms with Gasteiger partial charge in [0.15, 0.2) is 0 Å². The van der Waals surface area contributed by atoms with E-state index in [9.17, 15) is 0 Å². The van der Waals surface area contributed by atoms with Gasteiger partial charge in [0.2, 0.25) is 18.1 Å². The lowest BCUT2D eigenvalue weighted by molar-refractivity contribution is 0.149. The largest absolute Gasteiger partial charge is 0.417 e. The Morgan fingerprint density at radius 3 is 1.31 bits per heavy atom. The minimum atomic E-state index is -0.489. The molecule has 1 rings (SSSR count). The smallest absolute Gasteiger partial charge is 0.204 e. The maximum absolute atomic E-state index is 5.79. The molecule has 1 aliphatic carbocycles. The van der Waals surface area contributed by atoms with Crippen LogP contribution in [0.2, 0.25) is 26.2 Å². The van der Waals surface area contributed by atoms with E-state index in [2.05, 4.69) is 26.2 Å². The highest BCUT2D eigenvalue weighted by molar-refractivity contribution is 6.48. The third-order valence-electron chi connectivity index (χ3n) is 3.18. The van der Waals surface area contributed by atoms with Crippen molar-refractivity contribution < 1.29 is 8.85 Å². The van der Waals surface area contributed by atoms with Gasteiger partial charge in [-0.25, -0.2) is 0 Å². The van der Waals surface area contributed by atoms with Crippen LogP contribution in [-0.4, -0.2) is 31.3 Å². The minimum Gasteiger partial charge on any atom is -0.417 e. The van der Waals surface area contributed by atoms with E-state index >= 15 is 0 Å². The lowest BCUT2D eigenvalue weighted by atomic mass is 9.83. The third kappa shape index (κ3) is 6.18. The molecule has 0 saturated heterocycles. The average molecular weight is 259 g/mol. The van der Waals surface area contributed by atoms with Crippen molar-refractivity contribution in [2.75, 3.05) is 13.2 Å². The predicted molar refractivity (Wildman–Crippen MR) is 72.3 cm³/mol. The molecule has 0 aromatic rings. The van der Waals surface area contributed by atoms with Crippen LogP contribution in [0, 0.1) is 11.8 Å². The van der Waals surface area contributed by atoms with Crippen molar-refractivity contribution in [1.82, 2.24) is 0 Å². The summed E-state index contributed by atoms with van der Waals surface area (Å²) in [4.78, 5) is 0. The van der Waals surface area contributed by atoms with E-state index in [4.69, 9.17) is 8.85 Å². The molecule has 0 aromatic heterocycles. The van der Waals surface area contributed by atoms with Crippen molar-refractivity contribution in [3.05, 3.63) is 0 Å². The molecule has 94 valence electrons. The molecule has 0 heterocycles. The molecule has 0 N–H and O–H groups in total. The first-order valence-corrected chi connectivity index (χ1v) is 11.3. The zero-order valence-electron chi connectivity index (χ0n) is 11.2. The van der Waals surface area contributed by atoms with Crippen LogP contribution < -0.4 is 0 Å². The van der Waals surface area contributed by atoms with E-state index < -0.39 is 18.1 Å². The second-order valence-corrected chi connectivity index (χ2v) is 9.54. The van der Waals surface area contributed by atoms with Gasteiger partial charge < -0.3 is 8.85 Å². The van der Waals surface area contributed by atoms with Gasteiger partial charge in [-0.15, -0.1) is 0 Å². The van der Waals surface area contributed by atoms with Gasteiger partial charge >= 0.3 is 0 Å². The molecule has 1 fully saturated rings. The zero-order chi connectivity index (χ0) is 12.0. The lowest BCUT2D eigenvalue weighted by Gasteiger charge is -2.29. The fourth-order valence-electron chi connectivity index (χ4n) is 2.13. The Morgan fingerprint density at radius 1 is 0.750 bits per heavy atom. The van der Waals surface area contributed by atoms with Crippen molar-refractivity contribution in [2.45, 2.75) is 51.9 Å². The zero-order valence-corrected chi connectivity index (χ0v) is 13.2. The van der Waals surface area contributed by atoms with Gasteiger partial charge in [-0.05, 0) is 63.7 Å². The summed E-state index contributed by atoms with van der Waals surface area (Å²) >= 11 is 0. The van der Waals surface area contributed by atoms with Crippen LogP contribution in [0.3, 0.4) is 0 Å².